The lowest BCUT2D eigenvalue weighted by atomic mass is 10.1. The molecule has 4 aromatic rings. The number of rotatable bonds is 3. The topological polar surface area (TPSA) is 64.7 Å². The predicted molar refractivity (Wildman–Crippen MR) is 96.1 cm³/mol. The van der Waals surface area contributed by atoms with Gasteiger partial charge in [0.15, 0.2) is 5.82 Å². The van der Waals surface area contributed by atoms with Gasteiger partial charge in [-0.05, 0) is 23.8 Å². The van der Waals surface area contributed by atoms with E-state index in [2.05, 4.69) is 22.1 Å². The largest absolute Gasteiger partial charge is 0.326 e. The zero-order chi connectivity index (χ0) is 16.4. The van der Waals surface area contributed by atoms with E-state index in [-0.39, 0.29) is 0 Å². The molecule has 4 rings (SSSR count). The Kier molecular flexibility index (Phi) is 3.73. The quantitative estimate of drug-likeness (QED) is 0.624. The molecule has 0 aliphatic carbocycles. The minimum Gasteiger partial charge on any atom is -0.326 e. The lowest BCUT2D eigenvalue weighted by Crippen LogP contribution is -1.96. The summed E-state index contributed by atoms with van der Waals surface area (Å²) in [6.45, 7) is 0.532. The molecule has 0 aliphatic heterocycles. The number of para-hydroxylation sites is 1. The molecular weight excluding hydrogens is 296 g/mol. The summed E-state index contributed by atoms with van der Waals surface area (Å²) in [7, 11) is 0. The number of nitrogens with two attached hydrogens (primary N) is 1. The number of fused-ring (bicyclic) bond motifs is 1. The summed E-state index contributed by atoms with van der Waals surface area (Å²) in [5, 5.41) is 1.10. The van der Waals surface area contributed by atoms with Crippen LogP contribution >= 0.6 is 0 Å². The second-order valence-corrected chi connectivity index (χ2v) is 5.58. The van der Waals surface area contributed by atoms with Crippen LogP contribution in [-0.2, 0) is 6.54 Å². The summed E-state index contributed by atoms with van der Waals surface area (Å²) in [4.78, 5) is 13.6. The molecule has 0 spiro atoms. The van der Waals surface area contributed by atoms with E-state index in [4.69, 9.17) is 10.7 Å². The van der Waals surface area contributed by atoms with E-state index in [9.17, 15) is 0 Å². The molecule has 0 fully saturated rings. The van der Waals surface area contributed by atoms with Gasteiger partial charge in [-0.15, -0.1) is 0 Å². The average Bonchev–Trinajstić information content (AvgIpc) is 2.68. The number of hydrogen-bond donors (Lipinski definition) is 1. The Morgan fingerprint density at radius 2 is 1.67 bits per heavy atom. The number of pyridine rings is 1. The third-order valence-electron chi connectivity index (χ3n) is 3.99. The summed E-state index contributed by atoms with van der Waals surface area (Å²) in [6, 6.07) is 20.1. The third kappa shape index (κ3) is 2.75. The molecule has 24 heavy (non-hydrogen) atoms. The van der Waals surface area contributed by atoms with Crippen molar-refractivity contribution in [1.29, 1.82) is 0 Å². The van der Waals surface area contributed by atoms with Crippen LogP contribution in [0, 0.1) is 0 Å². The normalized spacial score (nSPS) is 10.9. The molecule has 2 N–H and O–H groups in total. The highest BCUT2D eigenvalue weighted by Gasteiger charge is 2.06. The van der Waals surface area contributed by atoms with Crippen LogP contribution in [0.2, 0.25) is 0 Å². The Balaban J connectivity index is 1.75. The Bertz CT molecular complexity index is 994. The molecule has 4 nitrogen and oxygen atoms in total. The first kappa shape index (κ1) is 14.5. The van der Waals surface area contributed by atoms with E-state index in [1.54, 1.807) is 6.20 Å². The van der Waals surface area contributed by atoms with E-state index in [0.717, 1.165) is 33.3 Å². The van der Waals surface area contributed by atoms with Crippen LogP contribution < -0.4 is 5.73 Å². The molecule has 0 radical (unpaired) electrons. The Hall–Kier alpha value is -3.11. The van der Waals surface area contributed by atoms with Crippen LogP contribution in [0.5, 0.6) is 0 Å². The molecule has 2 aromatic heterocycles. The monoisotopic (exact) mass is 312 g/mol. The van der Waals surface area contributed by atoms with Crippen molar-refractivity contribution in [3.63, 3.8) is 0 Å². The van der Waals surface area contributed by atoms with E-state index < -0.39 is 0 Å². The molecule has 0 atom stereocenters. The lowest BCUT2D eigenvalue weighted by Gasteiger charge is -2.06. The highest BCUT2D eigenvalue weighted by atomic mass is 14.9. The lowest BCUT2D eigenvalue weighted by molar-refractivity contribution is 1.07. The van der Waals surface area contributed by atoms with Crippen molar-refractivity contribution in [3.05, 3.63) is 78.6 Å². The zero-order valence-corrected chi connectivity index (χ0v) is 13.1. The fraction of sp³-hybridized carbons (Fsp3) is 0.0500. The first-order chi connectivity index (χ1) is 11.8. The Labute approximate surface area is 140 Å². The van der Waals surface area contributed by atoms with Gasteiger partial charge in [-0.2, -0.15) is 0 Å². The number of hydrogen-bond acceptors (Lipinski definition) is 4. The second kappa shape index (κ2) is 6.18. The molecule has 4 heteroatoms. The molecule has 0 unspecified atom stereocenters. The molecule has 2 aromatic carbocycles. The molecule has 0 saturated heterocycles. The summed E-state index contributed by atoms with van der Waals surface area (Å²) >= 11 is 0. The standard InChI is InChI=1S/C20H16N4/c21-12-14-5-7-15(8-6-14)20-22-10-9-19(24-20)17-11-16-3-1-2-4-18(16)23-13-17/h1-11,13H,12,21H2. The van der Waals surface area contributed by atoms with Gasteiger partial charge in [0.25, 0.3) is 0 Å². The fourth-order valence-electron chi connectivity index (χ4n) is 2.66. The van der Waals surface area contributed by atoms with Crippen molar-refractivity contribution in [2.24, 2.45) is 5.73 Å². The van der Waals surface area contributed by atoms with Crippen LogP contribution in [0.1, 0.15) is 5.56 Å². The average molecular weight is 312 g/mol. The molecule has 0 saturated carbocycles. The minimum absolute atomic E-state index is 0.532. The Morgan fingerprint density at radius 1 is 0.833 bits per heavy atom. The van der Waals surface area contributed by atoms with Gasteiger partial charge >= 0.3 is 0 Å². The van der Waals surface area contributed by atoms with Gasteiger partial charge in [0, 0.05) is 35.5 Å². The molecule has 0 amide bonds. The van der Waals surface area contributed by atoms with Gasteiger partial charge in [0.2, 0.25) is 0 Å². The Morgan fingerprint density at radius 3 is 2.50 bits per heavy atom. The molecular formula is C20H16N4. The summed E-state index contributed by atoms with van der Waals surface area (Å²) in [5.41, 5.74) is 10.5. The van der Waals surface area contributed by atoms with Crippen molar-refractivity contribution in [3.8, 4) is 22.6 Å². The van der Waals surface area contributed by atoms with Crippen molar-refractivity contribution in [2.45, 2.75) is 6.54 Å². The highest BCUT2D eigenvalue weighted by Crippen LogP contribution is 2.23. The van der Waals surface area contributed by atoms with E-state index >= 15 is 0 Å². The van der Waals surface area contributed by atoms with E-state index in [0.29, 0.717) is 12.4 Å². The van der Waals surface area contributed by atoms with Gasteiger partial charge in [0.1, 0.15) is 0 Å². The van der Waals surface area contributed by atoms with Gasteiger partial charge in [-0.3, -0.25) is 4.98 Å². The van der Waals surface area contributed by atoms with Gasteiger partial charge in [0.05, 0.1) is 11.2 Å². The maximum absolute atomic E-state index is 5.65. The summed E-state index contributed by atoms with van der Waals surface area (Å²) in [6.07, 6.45) is 3.63. The molecule has 2 heterocycles. The van der Waals surface area contributed by atoms with Gasteiger partial charge in [-0.25, -0.2) is 9.97 Å². The van der Waals surface area contributed by atoms with Crippen molar-refractivity contribution < 1.29 is 0 Å². The highest BCUT2D eigenvalue weighted by molar-refractivity contribution is 5.82. The molecule has 0 bridgehead atoms. The van der Waals surface area contributed by atoms with E-state index in [1.807, 2.05) is 54.7 Å². The van der Waals surface area contributed by atoms with Gasteiger partial charge < -0.3 is 5.73 Å². The second-order valence-electron chi connectivity index (χ2n) is 5.58. The van der Waals surface area contributed by atoms with Crippen molar-refractivity contribution >= 4 is 10.9 Å². The van der Waals surface area contributed by atoms with Crippen LogP contribution in [0.4, 0.5) is 0 Å². The van der Waals surface area contributed by atoms with Crippen molar-refractivity contribution in [1.82, 2.24) is 15.0 Å². The van der Waals surface area contributed by atoms with E-state index in [1.165, 1.54) is 0 Å². The van der Waals surface area contributed by atoms with Gasteiger partial charge in [-0.1, -0.05) is 42.5 Å². The number of nitrogens with zero attached hydrogens (tertiary/aromatic N) is 3. The number of benzene rings is 2. The summed E-state index contributed by atoms with van der Waals surface area (Å²) in [5.74, 6) is 0.698. The van der Waals surface area contributed by atoms with Crippen LogP contribution in [0.15, 0.2) is 73.1 Å². The first-order valence-corrected chi connectivity index (χ1v) is 7.81. The van der Waals surface area contributed by atoms with Crippen molar-refractivity contribution in [2.75, 3.05) is 0 Å². The third-order valence-corrected chi connectivity index (χ3v) is 3.99. The van der Waals surface area contributed by atoms with Crippen LogP contribution in [0.3, 0.4) is 0 Å². The maximum Gasteiger partial charge on any atom is 0.159 e. The number of aromatic nitrogens is 3. The van der Waals surface area contributed by atoms with Crippen LogP contribution in [0.25, 0.3) is 33.5 Å². The predicted octanol–water partition coefficient (Wildman–Crippen LogP) is 3.82. The smallest absolute Gasteiger partial charge is 0.159 e. The first-order valence-electron chi connectivity index (χ1n) is 7.81. The molecule has 0 aliphatic rings. The fourth-order valence-corrected chi connectivity index (χ4v) is 2.66. The SMILES string of the molecule is NCc1ccc(-c2nccc(-c3cnc4ccccc4c3)n2)cc1. The zero-order valence-electron chi connectivity index (χ0n) is 13.1. The molecule has 116 valence electrons. The van der Waals surface area contributed by atoms with Crippen LogP contribution in [-0.4, -0.2) is 15.0 Å². The maximum atomic E-state index is 5.65. The summed E-state index contributed by atoms with van der Waals surface area (Å²) < 4.78 is 0. The minimum atomic E-state index is 0.532.